The molecule has 0 aromatic heterocycles. The summed E-state index contributed by atoms with van der Waals surface area (Å²) in [7, 11) is 0. The van der Waals surface area contributed by atoms with Crippen LogP contribution in [-0.2, 0) is 19.8 Å². The minimum atomic E-state index is -0.774. The first-order chi connectivity index (χ1) is 22.7. The fraction of sp³-hybridized carbons (Fsp3) is 0.447. The highest BCUT2D eigenvalue weighted by Crippen LogP contribution is 2.40. The van der Waals surface area contributed by atoms with Gasteiger partial charge in [0.2, 0.25) is 0 Å². The van der Waals surface area contributed by atoms with Crippen molar-refractivity contribution in [2.75, 3.05) is 19.8 Å². The summed E-state index contributed by atoms with van der Waals surface area (Å²) in [6.07, 6.45) is 7.24. The van der Waals surface area contributed by atoms with E-state index in [1.807, 2.05) is 36.4 Å². The van der Waals surface area contributed by atoms with Crippen molar-refractivity contribution in [2.45, 2.75) is 89.4 Å². The lowest BCUT2D eigenvalue weighted by Gasteiger charge is -2.32. The van der Waals surface area contributed by atoms with E-state index in [0.717, 1.165) is 72.5 Å². The average molecular weight is 649 g/mol. The summed E-state index contributed by atoms with van der Waals surface area (Å²) in [6.45, 7) is 3.76. The summed E-state index contributed by atoms with van der Waals surface area (Å²) in [6, 6.07) is 24.2. The molecule has 3 N–H and O–H groups in total. The van der Waals surface area contributed by atoms with Crippen molar-refractivity contribution in [3.8, 4) is 17.2 Å². The van der Waals surface area contributed by atoms with E-state index in [1.165, 1.54) is 0 Å². The van der Waals surface area contributed by atoms with E-state index in [9.17, 15) is 14.4 Å². The third-order valence-electron chi connectivity index (χ3n) is 8.21. The lowest BCUT2D eigenvalue weighted by atomic mass is 9.71. The zero-order valence-corrected chi connectivity index (χ0v) is 27.3. The predicted molar refractivity (Wildman–Crippen MR) is 180 cm³/mol. The normalized spacial score (nSPS) is 11.2. The molecule has 3 aromatic carbocycles. The fourth-order valence-corrected chi connectivity index (χ4v) is 5.39. The van der Waals surface area contributed by atoms with Crippen LogP contribution in [0.3, 0.4) is 0 Å². The Hall–Kier alpha value is -4.53. The Morgan fingerprint density at radius 1 is 0.447 bits per heavy atom. The third-order valence-corrected chi connectivity index (χ3v) is 8.21. The van der Waals surface area contributed by atoms with Crippen LogP contribution in [0.2, 0.25) is 0 Å². The van der Waals surface area contributed by atoms with Gasteiger partial charge < -0.3 is 29.5 Å². The summed E-state index contributed by atoms with van der Waals surface area (Å²) in [5.41, 5.74) is 2.71. The van der Waals surface area contributed by atoms with Crippen LogP contribution in [0.1, 0.15) is 101 Å². The van der Waals surface area contributed by atoms with Gasteiger partial charge in [-0.05, 0) is 118 Å². The maximum atomic E-state index is 10.7. The van der Waals surface area contributed by atoms with Crippen molar-refractivity contribution < 1.29 is 43.9 Å². The van der Waals surface area contributed by atoms with Gasteiger partial charge in [0, 0.05) is 24.7 Å². The summed E-state index contributed by atoms with van der Waals surface area (Å²) in [4.78, 5) is 32.1. The van der Waals surface area contributed by atoms with Gasteiger partial charge in [-0.25, -0.2) is 0 Å². The second kappa shape index (κ2) is 19.9. The molecule has 0 aliphatic carbocycles. The SMILES string of the molecule is CC(c1ccc(OCCCCCC(=O)O)cc1)(c1ccc(OCCCCCC(=O)O)cc1)c1ccc(OCCCCCC(=O)O)cc1. The Bertz CT molecular complexity index is 1200. The van der Waals surface area contributed by atoms with Gasteiger partial charge >= 0.3 is 17.9 Å². The first-order valence-electron chi connectivity index (χ1n) is 16.5. The number of ether oxygens (including phenoxy) is 3. The summed E-state index contributed by atoms with van der Waals surface area (Å²) < 4.78 is 17.8. The minimum Gasteiger partial charge on any atom is -0.494 e. The van der Waals surface area contributed by atoms with Crippen LogP contribution in [0.5, 0.6) is 17.2 Å². The van der Waals surface area contributed by atoms with Crippen LogP contribution in [0.25, 0.3) is 0 Å². The Labute approximate surface area is 277 Å². The molecule has 0 radical (unpaired) electrons. The Kier molecular flexibility index (Phi) is 15.6. The van der Waals surface area contributed by atoms with Crippen molar-refractivity contribution in [3.05, 3.63) is 89.5 Å². The number of carboxylic acids is 3. The summed E-state index contributed by atoms with van der Waals surface area (Å²) in [5, 5.41) is 26.4. The lowest BCUT2D eigenvalue weighted by molar-refractivity contribution is -0.138. The molecule has 0 spiro atoms. The first-order valence-corrected chi connectivity index (χ1v) is 16.5. The second-order valence-electron chi connectivity index (χ2n) is 11.9. The number of hydrogen-bond donors (Lipinski definition) is 3. The van der Waals surface area contributed by atoms with E-state index in [1.54, 1.807) is 0 Å². The van der Waals surface area contributed by atoms with Gasteiger partial charge in [0.25, 0.3) is 0 Å². The zero-order valence-electron chi connectivity index (χ0n) is 27.3. The molecule has 254 valence electrons. The van der Waals surface area contributed by atoms with Gasteiger partial charge in [-0.15, -0.1) is 0 Å². The van der Waals surface area contributed by atoms with Gasteiger partial charge in [-0.2, -0.15) is 0 Å². The molecule has 0 aliphatic rings. The Morgan fingerprint density at radius 3 is 0.936 bits per heavy atom. The molecule has 0 aliphatic heterocycles. The standard InChI is InChI=1S/C38H48O9/c1-38(29-14-20-32(21-15-29)45-26-8-2-5-11-35(39)40,30-16-22-33(23-17-30)46-27-9-3-6-12-36(41)42)31-18-24-34(25-19-31)47-28-10-4-7-13-37(43)44/h14-25H,2-13,26-28H2,1H3,(H,39,40)(H,41,42)(H,43,44). The van der Waals surface area contributed by atoms with Crippen molar-refractivity contribution in [1.29, 1.82) is 0 Å². The highest BCUT2D eigenvalue weighted by Gasteiger charge is 2.31. The minimum absolute atomic E-state index is 0.177. The largest absolute Gasteiger partial charge is 0.494 e. The molecule has 0 bridgehead atoms. The number of carboxylic acid groups (broad SMARTS) is 3. The Balaban J connectivity index is 1.70. The topological polar surface area (TPSA) is 140 Å². The molecule has 0 fully saturated rings. The van der Waals surface area contributed by atoms with Crippen LogP contribution >= 0.6 is 0 Å². The number of hydrogen-bond acceptors (Lipinski definition) is 6. The lowest BCUT2D eigenvalue weighted by Crippen LogP contribution is -2.25. The van der Waals surface area contributed by atoms with Gasteiger partial charge in [0.15, 0.2) is 0 Å². The molecular formula is C38H48O9. The number of rotatable bonds is 24. The van der Waals surface area contributed by atoms with Crippen molar-refractivity contribution in [3.63, 3.8) is 0 Å². The second-order valence-corrected chi connectivity index (χ2v) is 11.9. The van der Waals surface area contributed by atoms with Crippen LogP contribution in [0.4, 0.5) is 0 Å². The van der Waals surface area contributed by atoms with E-state index in [0.29, 0.717) is 39.1 Å². The van der Waals surface area contributed by atoms with Gasteiger partial charge in [-0.1, -0.05) is 36.4 Å². The van der Waals surface area contributed by atoms with Crippen LogP contribution < -0.4 is 14.2 Å². The average Bonchev–Trinajstić information content (AvgIpc) is 3.06. The molecule has 0 unspecified atom stereocenters. The number of benzene rings is 3. The van der Waals surface area contributed by atoms with Crippen LogP contribution in [-0.4, -0.2) is 53.0 Å². The van der Waals surface area contributed by atoms with E-state index in [2.05, 4.69) is 43.3 Å². The van der Waals surface area contributed by atoms with Gasteiger partial charge in [0.1, 0.15) is 17.2 Å². The van der Waals surface area contributed by atoms with E-state index < -0.39 is 23.3 Å². The molecule has 0 atom stereocenters. The summed E-state index contributed by atoms with van der Waals surface area (Å²) in [5.74, 6) is -0.0490. The van der Waals surface area contributed by atoms with Crippen molar-refractivity contribution >= 4 is 17.9 Å². The molecule has 9 heteroatoms. The van der Waals surface area contributed by atoms with Crippen molar-refractivity contribution in [1.82, 2.24) is 0 Å². The molecule has 0 saturated heterocycles. The van der Waals surface area contributed by atoms with Crippen LogP contribution in [0, 0.1) is 0 Å². The maximum Gasteiger partial charge on any atom is 0.303 e. The molecule has 0 heterocycles. The van der Waals surface area contributed by atoms with Crippen LogP contribution in [0.15, 0.2) is 72.8 Å². The molecule has 47 heavy (non-hydrogen) atoms. The summed E-state index contributed by atoms with van der Waals surface area (Å²) >= 11 is 0. The van der Waals surface area contributed by atoms with Crippen molar-refractivity contribution in [2.24, 2.45) is 0 Å². The van der Waals surface area contributed by atoms with E-state index >= 15 is 0 Å². The zero-order chi connectivity index (χ0) is 33.9. The Morgan fingerprint density at radius 2 is 0.702 bits per heavy atom. The molecule has 0 amide bonds. The number of carbonyl (C=O) groups is 3. The third kappa shape index (κ3) is 13.0. The van der Waals surface area contributed by atoms with Gasteiger partial charge in [0.05, 0.1) is 19.8 Å². The van der Waals surface area contributed by atoms with E-state index in [-0.39, 0.29) is 19.3 Å². The van der Waals surface area contributed by atoms with Gasteiger partial charge in [-0.3, -0.25) is 14.4 Å². The first kappa shape index (κ1) is 36.9. The highest BCUT2D eigenvalue weighted by molar-refractivity contribution is 5.67. The smallest absolute Gasteiger partial charge is 0.303 e. The van der Waals surface area contributed by atoms with E-state index in [4.69, 9.17) is 29.5 Å². The fourth-order valence-electron chi connectivity index (χ4n) is 5.39. The highest BCUT2D eigenvalue weighted by atomic mass is 16.5. The maximum absolute atomic E-state index is 10.7. The quantitative estimate of drug-likeness (QED) is 0.0649. The number of aliphatic carboxylic acids is 3. The number of unbranched alkanes of at least 4 members (excludes halogenated alkanes) is 6. The molecule has 0 saturated carbocycles. The molecule has 3 rings (SSSR count). The molecule has 9 nitrogen and oxygen atoms in total. The molecular weight excluding hydrogens is 600 g/mol. The monoisotopic (exact) mass is 648 g/mol. The molecule has 3 aromatic rings. The predicted octanol–water partition coefficient (Wildman–Crippen LogP) is 8.11.